The largest absolute Gasteiger partial charge is 0.453 e. The molecule has 2 aromatic rings. The predicted octanol–water partition coefficient (Wildman–Crippen LogP) is 2.38. The van der Waals surface area contributed by atoms with Crippen LogP contribution in [0.15, 0.2) is 24.3 Å². The molecule has 4 N–H and O–H groups in total. The summed E-state index contributed by atoms with van der Waals surface area (Å²) in [6, 6.07) is 5.76. The first-order chi connectivity index (χ1) is 12.3. The van der Waals surface area contributed by atoms with Crippen LogP contribution in [0, 0.1) is 6.92 Å². The number of hydrogen-bond donors (Lipinski definition) is 3. The number of para-hydroxylation sites is 1. The lowest BCUT2D eigenvalue weighted by atomic mass is 10.0. The summed E-state index contributed by atoms with van der Waals surface area (Å²) in [6.45, 7) is 3.33. The molecule has 0 aliphatic carbocycles. The lowest BCUT2D eigenvalue weighted by molar-refractivity contribution is -0.148. The highest BCUT2D eigenvalue weighted by molar-refractivity contribution is 7.98. The van der Waals surface area contributed by atoms with Crippen molar-refractivity contribution < 1.29 is 19.1 Å². The van der Waals surface area contributed by atoms with Crippen LogP contribution in [-0.4, -0.2) is 46.9 Å². The highest BCUT2D eigenvalue weighted by Gasteiger charge is 2.28. The van der Waals surface area contributed by atoms with E-state index in [2.05, 4.69) is 10.3 Å². The van der Waals surface area contributed by atoms with Gasteiger partial charge in [0.05, 0.1) is 0 Å². The van der Waals surface area contributed by atoms with Crippen LogP contribution in [0.5, 0.6) is 0 Å². The molecule has 1 aromatic carbocycles. The Bertz CT molecular complexity index is 818. The number of esters is 1. The fraction of sp³-hybridized carbons (Fsp3) is 0.389. The number of benzene rings is 1. The number of aryl methyl sites for hydroxylation is 1. The average molecular weight is 377 g/mol. The number of carbonyl (C=O) groups excluding carboxylic acids is 3. The number of primary amides is 1. The molecule has 0 spiro atoms. The Morgan fingerprint density at radius 3 is 2.65 bits per heavy atom. The van der Waals surface area contributed by atoms with Crippen LogP contribution in [0.2, 0.25) is 0 Å². The zero-order valence-corrected chi connectivity index (χ0v) is 15.8. The lowest BCUT2D eigenvalue weighted by Gasteiger charge is -2.19. The maximum absolute atomic E-state index is 12.8. The van der Waals surface area contributed by atoms with E-state index in [0.717, 1.165) is 10.9 Å². The highest BCUT2D eigenvalue weighted by Crippen LogP contribution is 2.24. The van der Waals surface area contributed by atoms with Crippen molar-refractivity contribution in [2.45, 2.75) is 32.4 Å². The number of nitrogens with one attached hydrogen (secondary N) is 2. The third kappa shape index (κ3) is 4.57. The summed E-state index contributed by atoms with van der Waals surface area (Å²) in [7, 11) is 0. The number of Topliss-reactive ketones (excluding diaryl/α,β-unsaturated/α-hetero) is 1. The number of H-pyrrole nitrogens is 1. The van der Waals surface area contributed by atoms with E-state index in [1.807, 2.05) is 30.5 Å². The van der Waals surface area contributed by atoms with Gasteiger partial charge in [0.2, 0.25) is 5.78 Å². The van der Waals surface area contributed by atoms with Gasteiger partial charge >= 0.3 is 12.0 Å². The number of thioether (sulfide) groups is 1. The molecule has 2 atom stereocenters. The van der Waals surface area contributed by atoms with Crippen LogP contribution >= 0.6 is 11.8 Å². The van der Waals surface area contributed by atoms with Crippen LogP contribution in [-0.2, 0) is 9.53 Å². The Morgan fingerprint density at radius 1 is 1.31 bits per heavy atom. The molecule has 7 nitrogen and oxygen atoms in total. The van der Waals surface area contributed by atoms with Gasteiger partial charge in [-0.05, 0) is 38.3 Å². The number of aromatic amines is 1. The molecule has 0 aliphatic heterocycles. The Kier molecular flexibility index (Phi) is 6.68. The summed E-state index contributed by atoms with van der Waals surface area (Å²) in [5, 5.41) is 3.15. The SMILES string of the molecule is CSCC[C@@H](NC(N)=O)C(=O)O[C@H](C)C(=O)c1c(C)[nH]c2ccccc12. The van der Waals surface area contributed by atoms with Gasteiger partial charge < -0.3 is 20.8 Å². The van der Waals surface area contributed by atoms with Gasteiger partial charge in [0.15, 0.2) is 6.10 Å². The lowest BCUT2D eigenvalue weighted by Crippen LogP contribution is -2.46. The summed E-state index contributed by atoms with van der Waals surface area (Å²) in [4.78, 5) is 39.4. The molecule has 1 heterocycles. The van der Waals surface area contributed by atoms with E-state index in [9.17, 15) is 14.4 Å². The van der Waals surface area contributed by atoms with Crippen LogP contribution in [0.3, 0.4) is 0 Å². The summed E-state index contributed by atoms with van der Waals surface area (Å²) in [6.07, 6.45) is 1.28. The first-order valence-corrected chi connectivity index (χ1v) is 9.61. The minimum atomic E-state index is -0.980. The number of rotatable bonds is 8. The Labute approximate surface area is 156 Å². The van der Waals surface area contributed by atoms with Crippen LogP contribution in [0.4, 0.5) is 4.79 Å². The standard InChI is InChI=1S/C18H23N3O4S/c1-10-15(12-6-4-5-7-13(12)20-10)16(22)11(2)25-17(23)14(8-9-26-3)21-18(19)24/h4-7,11,14,20H,8-9H2,1-3H3,(H3,19,21,24)/t11-,14-/m1/s1. The van der Waals surface area contributed by atoms with Crippen molar-refractivity contribution >= 4 is 40.4 Å². The molecule has 0 fully saturated rings. The third-order valence-corrected chi connectivity index (χ3v) is 4.66. The van der Waals surface area contributed by atoms with Gasteiger partial charge in [-0.2, -0.15) is 11.8 Å². The molecule has 0 saturated heterocycles. The van der Waals surface area contributed by atoms with Gasteiger partial charge in [-0.25, -0.2) is 9.59 Å². The van der Waals surface area contributed by atoms with Crippen molar-refractivity contribution in [3.05, 3.63) is 35.5 Å². The average Bonchev–Trinajstić information content (AvgIpc) is 2.93. The van der Waals surface area contributed by atoms with Crippen LogP contribution in [0.1, 0.15) is 29.4 Å². The quantitative estimate of drug-likeness (QED) is 0.483. The monoisotopic (exact) mass is 377 g/mol. The van der Waals surface area contributed by atoms with Gasteiger partial charge in [0.1, 0.15) is 6.04 Å². The maximum Gasteiger partial charge on any atom is 0.329 e. The van der Waals surface area contributed by atoms with E-state index >= 15 is 0 Å². The maximum atomic E-state index is 12.8. The van der Waals surface area contributed by atoms with E-state index < -0.39 is 24.1 Å². The van der Waals surface area contributed by atoms with E-state index in [4.69, 9.17) is 10.5 Å². The second kappa shape index (κ2) is 8.75. The minimum Gasteiger partial charge on any atom is -0.453 e. The summed E-state index contributed by atoms with van der Waals surface area (Å²) >= 11 is 1.53. The number of carbonyl (C=O) groups is 3. The van der Waals surface area contributed by atoms with Crippen molar-refractivity contribution in [3.63, 3.8) is 0 Å². The van der Waals surface area contributed by atoms with E-state index in [0.29, 0.717) is 23.4 Å². The van der Waals surface area contributed by atoms with Crippen molar-refractivity contribution in [3.8, 4) is 0 Å². The molecular formula is C18H23N3O4S. The molecule has 2 amide bonds. The summed E-state index contributed by atoms with van der Waals surface area (Å²) in [5.74, 6) is -0.323. The number of fused-ring (bicyclic) bond motifs is 1. The van der Waals surface area contributed by atoms with Gasteiger partial charge in [-0.1, -0.05) is 18.2 Å². The van der Waals surface area contributed by atoms with Crippen LogP contribution < -0.4 is 11.1 Å². The Balaban J connectivity index is 2.15. The molecule has 1 aromatic heterocycles. The molecule has 0 bridgehead atoms. The minimum absolute atomic E-state index is 0.295. The zero-order chi connectivity index (χ0) is 19.3. The smallest absolute Gasteiger partial charge is 0.329 e. The van der Waals surface area contributed by atoms with Gasteiger partial charge in [0, 0.05) is 22.2 Å². The molecule has 0 radical (unpaired) electrons. The number of ether oxygens (including phenoxy) is 1. The zero-order valence-electron chi connectivity index (χ0n) is 15.0. The molecule has 0 unspecified atom stereocenters. The Hall–Kier alpha value is -2.48. The molecule has 26 heavy (non-hydrogen) atoms. The van der Waals surface area contributed by atoms with Crippen LogP contribution in [0.25, 0.3) is 10.9 Å². The van der Waals surface area contributed by atoms with E-state index in [1.54, 1.807) is 6.92 Å². The summed E-state index contributed by atoms with van der Waals surface area (Å²) in [5.41, 5.74) is 7.18. The van der Waals surface area contributed by atoms with Crippen molar-refractivity contribution in [2.24, 2.45) is 5.73 Å². The summed E-state index contributed by atoms with van der Waals surface area (Å²) < 4.78 is 5.32. The number of nitrogens with two attached hydrogens (primary N) is 1. The number of hydrogen-bond acceptors (Lipinski definition) is 5. The second-order valence-corrected chi connectivity index (χ2v) is 6.94. The number of urea groups is 1. The number of ketones is 1. The first-order valence-electron chi connectivity index (χ1n) is 8.22. The van der Waals surface area contributed by atoms with E-state index in [1.165, 1.54) is 18.7 Å². The van der Waals surface area contributed by atoms with Gasteiger partial charge in [-0.15, -0.1) is 0 Å². The molecule has 2 rings (SSSR count). The van der Waals surface area contributed by atoms with Crippen molar-refractivity contribution in [2.75, 3.05) is 12.0 Å². The van der Waals surface area contributed by atoms with Crippen molar-refractivity contribution in [1.82, 2.24) is 10.3 Å². The molecule has 140 valence electrons. The Morgan fingerprint density at radius 2 is 2.00 bits per heavy atom. The molecule has 0 aliphatic rings. The third-order valence-electron chi connectivity index (χ3n) is 4.01. The number of aromatic nitrogens is 1. The fourth-order valence-corrected chi connectivity index (χ4v) is 3.24. The van der Waals surface area contributed by atoms with Crippen molar-refractivity contribution in [1.29, 1.82) is 0 Å². The van der Waals surface area contributed by atoms with Gasteiger partial charge in [0.25, 0.3) is 0 Å². The molecular weight excluding hydrogens is 354 g/mol. The molecule has 0 saturated carbocycles. The fourth-order valence-electron chi connectivity index (χ4n) is 2.76. The van der Waals surface area contributed by atoms with E-state index in [-0.39, 0.29) is 5.78 Å². The number of amides is 2. The first kappa shape index (κ1) is 19.8. The second-order valence-electron chi connectivity index (χ2n) is 5.96. The molecule has 8 heteroatoms. The highest BCUT2D eigenvalue weighted by atomic mass is 32.2. The van der Waals surface area contributed by atoms with Gasteiger partial charge in [-0.3, -0.25) is 4.79 Å². The predicted molar refractivity (Wildman–Crippen MR) is 102 cm³/mol. The topological polar surface area (TPSA) is 114 Å². The normalized spacial score (nSPS) is 13.2.